The van der Waals surface area contributed by atoms with E-state index < -0.39 is 6.10 Å². The Balaban J connectivity index is 2.14. The first-order valence-corrected chi connectivity index (χ1v) is 7.45. The number of hydrogen-bond acceptors (Lipinski definition) is 4. The van der Waals surface area contributed by atoms with Crippen LogP contribution in [0.15, 0.2) is 36.5 Å². The minimum absolute atomic E-state index is 0.479. The summed E-state index contributed by atoms with van der Waals surface area (Å²) in [5, 5.41) is 9.80. The molecule has 0 saturated carbocycles. The van der Waals surface area contributed by atoms with Crippen molar-refractivity contribution >= 4 is 5.69 Å². The van der Waals surface area contributed by atoms with E-state index in [1.54, 1.807) is 0 Å². The summed E-state index contributed by atoms with van der Waals surface area (Å²) in [5.41, 5.74) is 3.86. The van der Waals surface area contributed by atoms with Crippen molar-refractivity contribution in [2.75, 3.05) is 11.4 Å². The minimum Gasteiger partial charge on any atom is -0.387 e. The van der Waals surface area contributed by atoms with E-state index in [-0.39, 0.29) is 0 Å². The summed E-state index contributed by atoms with van der Waals surface area (Å²) in [7, 11) is 0. The van der Waals surface area contributed by atoms with Gasteiger partial charge >= 0.3 is 0 Å². The van der Waals surface area contributed by atoms with Gasteiger partial charge in [0.25, 0.3) is 0 Å². The van der Waals surface area contributed by atoms with Crippen LogP contribution in [-0.2, 0) is 6.54 Å². The Labute approximate surface area is 126 Å². The zero-order valence-corrected chi connectivity index (χ0v) is 13.0. The first-order chi connectivity index (χ1) is 10.1. The van der Waals surface area contributed by atoms with Gasteiger partial charge in [0.05, 0.1) is 35.9 Å². The summed E-state index contributed by atoms with van der Waals surface area (Å²) in [4.78, 5) is 11.1. The molecular weight excluding hydrogens is 262 g/mol. The van der Waals surface area contributed by atoms with Crippen LogP contribution in [0.25, 0.3) is 0 Å². The van der Waals surface area contributed by atoms with Gasteiger partial charge in [-0.25, -0.2) is 0 Å². The number of anilines is 1. The van der Waals surface area contributed by atoms with Crippen molar-refractivity contribution in [2.24, 2.45) is 0 Å². The van der Waals surface area contributed by atoms with Crippen molar-refractivity contribution in [1.82, 2.24) is 9.97 Å². The van der Waals surface area contributed by atoms with Crippen LogP contribution in [0.3, 0.4) is 0 Å². The van der Waals surface area contributed by atoms with E-state index in [9.17, 15) is 5.11 Å². The molecule has 0 bridgehead atoms. The average molecular weight is 285 g/mol. The van der Waals surface area contributed by atoms with Gasteiger partial charge in [0.1, 0.15) is 0 Å². The van der Waals surface area contributed by atoms with Crippen molar-refractivity contribution in [3.8, 4) is 0 Å². The molecule has 2 rings (SSSR count). The van der Waals surface area contributed by atoms with Gasteiger partial charge in [0, 0.05) is 12.2 Å². The molecule has 0 fully saturated rings. The van der Waals surface area contributed by atoms with Crippen LogP contribution < -0.4 is 4.90 Å². The standard InChI is InChI=1S/C17H23N3O/c1-4-17(21)16-10-9-15(11-18-16)20(5-2)12-14-8-6-7-13(3)19-14/h6-11,17,21H,4-5,12H2,1-3H3/t17-/m1/s1. The summed E-state index contributed by atoms with van der Waals surface area (Å²) in [6.45, 7) is 7.71. The SMILES string of the molecule is CC[C@@H](O)c1ccc(N(CC)Cc2cccc(C)n2)cn1. The number of aliphatic hydroxyl groups excluding tert-OH is 1. The summed E-state index contributed by atoms with van der Waals surface area (Å²) in [6.07, 6.45) is 2.03. The van der Waals surface area contributed by atoms with Gasteiger partial charge in [-0.1, -0.05) is 13.0 Å². The number of aliphatic hydroxyl groups is 1. The smallest absolute Gasteiger partial charge is 0.0957 e. The maximum atomic E-state index is 9.80. The molecule has 21 heavy (non-hydrogen) atoms. The lowest BCUT2D eigenvalue weighted by Gasteiger charge is -2.23. The summed E-state index contributed by atoms with van der Waals surface area (Å²) in [6, 6.07) is 9.99. The van der Waals surface area contributed by atoms with Gasteiger partial charge in [0.15, 0.2) is 0 Å². The molecule has 1 atom stereocenters. The largest absolute Gasteiger partial charge is 0.387 e. The van der Waals surface area contributed by atoms with Crippen LogP contribution in [0.1, 0.15) is 43.5 Å². The van der Waals surface area contributed by atoms with E-state index in [0.29, 0.717) is 6.42 Å². The predicted octanol–water partition coefficient (Wildman–Crippen LogP) is 3.25. The van der Waals surface area contributed by atoms with Crippen LogP contribution in [-0.4, -0.2) is 21.6 Å². The maximum Gasteiger partial charge on any atom is 0.0957 e. The Morgan fingerprint density at radius 3 is 2.57 bits per heavy atom. The minimum atomic E-state index is -0.479. The van der Waals surface area contributed by atoms with E-state index in [4.69, 9.17) is 0 Å². The van der Waals surface area contributed by atoms with Gasteiger partial charge in [-0.3, -0.25) is 9.97 Å². The van der Waals surface area contributed by atoms with Crippen LogP contribution in [0.4, 0.5) is 5.69 Å². The van der Waals surface area contributed by atoms with Crippen molar-refractivity contribution in [2.45, 2.75) is 39.8 Å². The molecule has 0 aliphatic carbocycles. The van der Waals surface area contributed by atoms with Crippen LogP contribution in [0.5, 0.6) is 0 Å². The topological polar surface area (TPSA) is 49.2 Å². The highest BCUT2D eigenvalue weighted by Gasteiger charge is 2.10. The molecule has 4 nitrogen and oxygen atoms in total. The fourth-order valence-electron chi connectivity index (χ4n) is 2.26. The molecule has 2 aromatic rings. The summed E-state index contributed by atoms with van der Waals surface area (Å²) < 4.78 is 0. The lowest BCUT2D eigenvalue weighted by atomic mass is 10.2. The fraction of sp³-hybridized carbons (Fsp3) is 0.412. The Kier molecular flexibility index (Phi) is 5.28. The quantitative estimate of drug-likeness (QED) is 0.885. The fourth-order valence-corrected chi connectivity index (χ4v) is 2.26. The Morgan fingerprint density at radius 1 is 1.19 bits per heavy atom. The number of pyridine rings is 2. The third kappa shape index (κ3) is 4.02. The molecule has 0 aliphatic heterocycles. The zero-order chi connectivity index (χ0) is 15.2. The van der Waals surface area contributed by atoms with Crippen molar-refractivity contribution in [1.29, 1.82) is 0 Å². The summed E-state index contributed by atoms with van der Waals surface area (Å²) >= 11 is 0. The second kappa shape index (κ2) is 7.18. The van der Waals surface area contributed by atoms with E-state index in [1.165, 1.54) is 0 Å². The second-order valence-corrected chi connectivity index (χ2v) is 5.15. The molecule has 0 radical (unpaired) electrons. The highest BCUT2D eigenvalue weighted by atomic mass is 16.3. The molecule has 0 amide bonds. The molecule has 2 aromatic heterocycles. The van der Waals surface area contributed by atoms with Gasteiger partial charge in [-0.2, -0.15) is 0 Å². The van der Waals surface area contributed by atoms with E-state index >= 15 is 0 Å². The van der Waals surface area contributed by atoms with Crippen LogP contribution in [0, 0.1) is 6.92 Å². The zero-order valence-electron chi connectivity index (χ0n) is 13.0. The molecular formula is C17H23N3O. The van der Waals surface area contributed by atoms with E-state index in [2.05, 4.69) is 21.8 Å². The van der Waals surface area contributed by atoms with Gasteiger partial charge in [-0.15, -0.1) is 0 Å². The maximum absolute atomic E-state index is 9.80. The monoisotopic (exact) mass is 285 g/mol. The lowest BCUT2D eigenvalue weighted by molar-refractivity contribution is 0.169. The van der Waals surface area contributed by atoms with Gasteiger partial charge in [-0.05, 0) is 44.5 Å². The van der Waals surface area contributed by atoms with Gasteiger partial charge < -0.3 is 10.0 Å². The lowest BCUT2D eigenvalue weighted by Crippen LogP contribution is -2.23. The first-order valence-electron chi connectivity index (χ1n) is 7.45. The Hall–Kier alpha value is -1.94. The molecule has 0 aliphatic rings. The Morgan fingerprint density at radius 2 is 2.00 bits per heavy atom. The Bertz CT molecular complexity index is 569. The van der Waals surface area contributed by atoms with Crippen LogP contribution in [0.2, 0.25) is 0 Å². The predicted molar refractivity (Wildman–Crippen MR) is 85.2 cm³/mol. The molecule has 112 valence electrons. The first kappa shape index (κ1) is 15.4. The van der Waals surface area contributed by atoms with Crippen molar-refractivity contribution in [3.63, 3.8) is 0 Å². The average Bonchev–Trinajstić information content (AvgIpc) is 2.52. The molecule has 0 unspecified atom stereocenters. The molecule has 0 saturated heterocycles. The number of rotatable bonds is 6. The molecule has 0 aromatic carbocycles. The normalized spacial score (nSPS) is 12.2. The van der Waals surface area contributed by atoms with Crippen molar-refractivity contribution in [3.05, 3.63) is 53.6 Å². The highest BCUT2D eigenvalue weighted by molar-refractivity contribution is 5.45. The molecule has 2 heterocycles. The number of hydrogen-bond donors (Lipinski definition) is 1. The molecule has 1 N–H and O–H groups in total. The van der Waals surface area contributed by atoms with Crippen molar-refractivity contribution < 1.29 is 5.11 Å². The second-order valence-electron chi connectivity index (χ2n) is 5.15. The van der Waals surface area contributed by atoms with Gasteiger partial charge in [0.2, 0.25) is 0 Å². The summed E-state index contributed by atoms with van der Waals surface area (Å²) in [5.74, 6) is 0. The number of nitrogens with zero attached hydrogens (tertiary/aromatic N) is 3. The van der Waals surface area contributed by atoms with E-state index in [0.717, 1.165) is 35.9 Å². The van der Waals surface area contributed by atoms with E-state index in [1.807, 2.05) is 50.4 Å². The number of aromatic nitrogens is 2. The third-order valence-electron chi connectivity index (χ3n) is 3.54. The molecule has 4 heteroatoms. The highest BCUT2D eigenvalue weighted by Crippen LogP contribution is 2.19. The number of aryl methyl sites for hydroxylation is 1. The molecule has 0 spiro atoms. The van der Waals surface area contributed by atoms with Crippen LogP contribution >= 0.6 is 0 Å². The third-order valence-corrected chi connectivity index (χ3v) is 3.54.